The van der Waals surface area contributed by atoms with Crippen LogP contribution in [-0.2, 0) is 6.54 Å². The Bertz CT molecular complexity index is 593. The van der Waals surface area contributed by atoms with Crippen molar-refractivity contribution in [3.8, 4) is 0 Å². The van der Waals surface area contributed by atoms with Gasteiger partial charge in [-0.05, 0) is 12.5 Å². The molecule has 0 saturated heterocycles. The lowest BCUT2D eigenvalue weighted by molar-refractivity contribution is 1.12. The summed E-state index contributed by atoms with van der Waals surface area (Å²) in [6.07, 6.45) is 0. The Labute approximate surface area is 99.0 Å². The zero-order chi connectivity index (χ0) is 12.4. The van der Waals surface area contributed by atoms with Gasteiger partial charge in [0, 0.05) is 13.6 Å². The molecule has 88 valence electrons. The van der Waals surface area contributed by atoms with Crippen LogP contribution in [0.1, 0.15) is 11.1 Å². The van der Waals surface area contributed by atoms with Gasteiger partial charge in [-0.25, -0.2) is 0 Å². The zero-order valence-electron chi connectivity index (χ0n) is 9.83. The van der Waals surface area contributed by atoms with Gasteiger partial charge in [-0.15, -0.1) is 0 Å². The second kappa shape index (κ2) is 4.41. The first kappa shape index (κ1) is 11.4. The third kappa shape index (κ3) is 2.06. The van der Waals surface area contributed by atoms with Gasteiger partial charge in [0.15, 0.2) is 0 Å². The Morgan fingerprint density at radius 1 is 1.00 bits per heavy atom. The molecule has 0 heterocycles. The van der Waals surface area contributed by atoms with E-state index >= 15 is 0 Å². The van der Waals surface area contributed by atoms with Crippen molar-refractivity contribution in [2.24, 2.45) is 0 Å². The fraction of sp³-hybridized carbons (Fsp3) is 0.231. The normalized spacial score (nSPS) is 10.5. The standard InChI is InChI=1S/C13H14N2O2/c1-8-3-5-9(6-4-8)7-15-11-10(14-2)12(16)13(11)17/h3-6,14-15H,7H2,1-2H3. The van der Waals surface area contributed by atoms with Crippen molar-refractivity contribution >= 4 is 11.4 Å². The van der Waals surface area contributed by atoms with Gasteiger partial charge in [0.2, 0.25) is 0 Å². The molecule has 0 unspecified atom stereocenters. The fourth-order valence-corrected chi connectivity index (χ4v) is 1.70. The van der Waals surface area contributed by atoms with Crippen LogP contribution in [-0.4, -0.2) is 7.05 Å². The number of anilines is 2. The van der Waals surface area contributed by atoms with E-state index in [1.54, 1.807) is 7.05 Å². The van der Waals surface area contributed by atoms with Crippen LogP contribution in [0.3, 0.4) is 0 Å². The Balaban J connectivity index is 2.08. The SMILES string of the molecule is CNc1c(NCc2ccc(C)cc2)c(=O)c1=O. The lowest BCUT2D eigenvalue weighted by Gasteiger charge is -2.12. The number of rotatable bonds is 4. The average molecular weight is 230 g/mol. The first-order valence-electron chi connectivity index (χ1n) is 5.44. The van der Waals surface area contributed by atoms with Crippen molar-refractivity contribution in [2.75, 3.05) is 17.7 Å². The highest BCUT2D eigenvalue weighted by atomic mass is 16.2. The predicted molar refractivity (Wildman–Crippen MR) is 69.4 cm³/mol. The van der Waals surface area contributed by atoms with Crippen LogP contribution >= 0.6 is 0 Å². The minimum Gasteiger partial charge on any atom is -0.383 e. The molecule has 0 bridgehead atoms. The minimum absolute atomic E-state index is 0.377. The molecule has 0 aromatic heterocycles. The van der Waals surface area contributed by atoms with Gasteiger partial charge < -0.3 is 10.6 Å². The maximum absolute atomic E-state index is 11.3. The molecule has 0 radical (unpaired) electrons. The molecule has 0 amide bonds. The van der Waals surface area contributed by atoms with Gasteiger partial charge >= 0.3 is 0 Å². The molecule has 17 heavy (non-hydrogen) atoms. The van der Waals surface area contributed by atoms with Crippen molar-refractivity contribution < 1.29 is 0 Å². The quantitative estimate of drug-likeness (QED) is 0.776. The largest absolute Gasteiger partial charge is 0.383 e. The van der Waals surface area contributed by atoms with E-state index in [1.165, 1.54) is 5.56 Å². The Morgan fingerprint density at radius 3 is 2.18 bits per heavy atom. The smallest absolute Gasteiger partial charge is 0.253 e. The molecular weight excluding hydrogens is 216 g/mol. The van der Waals surface area contributed by atoms with E-state index < -0.39 is 10.9 Å². The molecule has 0 aliphatic rings. The second-order valence-electron chi connectivity index (χ2n) is 4.00. The third-order valence-electron chi connectivity index (χ3n) is 2.75. The summed E-state index contributed by atoms with van der Waals surface area (Å²) < 4.78 is 0. The molecule has 0 spiro atoms. The highest BCUT2D eigenvalue weighted by Crippen LogP contribution is 2.14. The Hall–Kier alpha value is -2.10. The van der Waals surface area contributed by atoms with Crippen LogP contribution in [0.4, 0.5) is 11.4 Å². The van der Waals surface area contributed by atoms with E-state index in [9.17, 15) is 9.59 Å². The van der Waals surface area contributed by atoms with Gasteiger partial charge in [0.05, 0.1) is 0 Å². The van der Waals surface area contributed by atoms with Crippen molar-refractivity contribution in [3.05, 3.63) is 55.8 Å². The molecule has 0 aliphatic heterocycles. The zero-order valence-corrected chi connectivity index (χ0v) is 9.83. The molecule has 2 rings (SSSR count). The molecule has 0 atom stereocenters. The number of benzene rings is 1. The van der Waals surface area contributed by atoms with Crippen LogP contribution < -0.4 is 21.5 Å². The average Bonchev–Trinajstić information content (AvgIpc) is 2.35. The summed E-state index contributed by atoms with van der Waals surface area (Å²) in [4.78, 5) is 22.4. The van der Waals surface area contributed by atoms with Crippen LogP contribution in [0.5, 0.6) is 0 Å². The number of hydrogen-bond acceptors (Lipinski definition) is 4. The van der Waals surface area contributed by atoms with Crippen molar-refractivity contribution in [2.45, 2.75) is 13.5 Å². The minimum atomic E-state index is -0.445. The van der Waals surface area contributed by atoms with Crippen LogP contribution in [0.2, 0.25) is 0 Å². The van der Waals surface area contributed by atoms with E-state index in [4.69, 9.17) is 0 Å². The molecule has 4 heteroatoms. The van der Waals surface area contributed by atoms with E-state index in [-0.39, 0.29) is 0 Å². The van der Waals surface area contributed by atoms with Crippen LogP contribution in [0, 0.1) is 6.92 Å². The van der Waals surface area contributed by atoms with Crippen molar-refractivity contribution in [3.63, 3.8) is 0 Å². The van der Waals surface area contributed by atoms with Gasteiger partial charge in [-0.2, -0.15) is 0 Å². The Kier molecular flexibility index (Phi) is 2.95. The highest BCUT2D eigenvalue weighted by molar-refractivity contribution is 5.73. The van der Waals surface area contributed by atoms with E-state index in [1.807, 2.05) is 31.2 Å². The van der Waals surface area contributed by atoms with Crippen LogP contribution in [0.25, 0.3) is 0 Å². The van der Waals surface area contributed by atoms with E-state index in [0.717, 1.165) is 5.56 Å². The summed E-state index contributed by atoms with van der Waals surface area (Å²) in [5.74, 6) is 0. The molecule has 2 aromatic rings. The summed E-state index contributed by atoms with van der Waals surface area (Å²) in [6.45, 7) is 2.56. The van der Waals surface area contributed by atoms with Gasteiger partial charge in [-0.1, -0.05) is 29.8 Å². The first-order valence-corrected chi connectivity index (χ1v) is 5.44. The van der Waals surface area contributed by atoms with Crippen molar-refractivity contribution in [1.82, 2.24) is 0 Å². The summed E-state index contributed by atoms with van der Waals surface area (Å²) in [5, 5.41) is 5.71. The van der Waals surface area contributed by atoms with Crippen LogP contribution in [0.15, 0.2) is 33.9 Å². The predicted octanol–water partition coefficient (Wildman–Crippen LogP) is 1.24. The number of aryl methyl sites for hydroxylation is 1. The topological polar surface area (TPSA) is 58.2 Å². The van der Waals surface area contributed by atoms with Gasteiger partial charge in [0.25, 0.3) is 10.9 Å². The van der Waals surface area contributed by atoms with Crippen molar-refractivity contribution in [1.29, 1.82) is 0 Å². The summed E-state index contributed by atoms with van der Waals surface area (Å²) in [5.41, 5.74) is 2.14. The third-order valence-corrected chi connectivity index (χ3v) is 2.75. The molecule has 0 fully saturated rings. The lowest BCUT2D eigenvalue weighted by Crippen LogP contribution is -2.36. The molecule has 2 N–H and O–H groups in total. The van der Waals surface area contributed by atoms with Gasteiger partial charge in [0.1, 0.15) is 11.4 Å². The van der Waals surface area contributed by atoms with E-state index in [2.05, 4.69) is 10.6 Å². The molecular formula is C13H14N2O2. The maximum Gasteiger partial charge on any atom is 0.253 e. The second-order valence-corrected chi connectivity index (χ2v) is 4.00. The Morgan fingerprint density at radius 2 is 1.59 bits per heavy atom. The molecule has 0 aliphatic carbocycles. The first-order chi connectivity index (χ1) is 8.13. The molecule has 2 aromatic carbocycles. The molecule has 4 nitrogen and oxygen atoms in total. The molecule has 0 saturated carbocycles. The van der Waals surface area contributed by atoms with Gasteiger partial charge in [-0.3, -0.25) is 9.59 Å². The summed E-state index contributed by atoms with van der Waals surface area (Å²) in [7, 11) is 1.63. The monoisotopic (exact) mass is 230 g/mol. The lowest BCUT2D eigenvalue weighted by atomic mass is 10.1. The fourth-order valence-electron chi connectivity index (χ4n) is 1.70. The summed E-state index contributed by atoms with van der Waals surface area (Å²) >= 11 is 0. The van der Waals surface area contributed by atoms with E-state index in [0.29, 0.717) is 17.9 Å². The number of hydrogen-bond donors (Lipinski definition) is 2. The highest BCUT2D eigenvalue weighted by Gasteiger charge is 2.18. The number of nitrogens with one attached hydrogen (secondary N) is 2. The maximum atomic E-state index is 11.3. The summed E-state index contributed by atoms with van der Waals surface area (Å²) in [6, 6.07) is 8.01.